The fourth-order valence-corrected chi connectivity index (χ4v) is 3.54. The molecule has 3 rings (SSSR count). The van der Waals surface area contributed by atoms with Gasteiger partial charge in [0.2, 0.25) is 5.75 Å². The molecule has 1 aromatic heterocycles. The van der Waals surface area contributed by atoms with Gasteiger partial charge in [-0.25, -0.2) is 4.79 Å². The quantitative estimate of drug-likeness (QED) is 0.414. The van der Waals surface area contributed by atoms with Crippen LogP contribution in [0.25, 0.3) is 11.0 Å². The molecule has 8 heteroatoms. The molecule has 152 valence electrons. The highest BCUT2D eigenvalue weighted by Crippen LogP contribution is 2.38. The van der Waals surface area contributed by atoms with Crippen molar-refractivity contribution in [1.29, 1.82) is 0 Å². The molecule has 0 fully saturated rings. The highest BCUT2D eigenvalue weighted by Gasteiger charge is 2.27. The summed E-state index contributed by atoms with van der Waals surface area (Å²) in [6, 6.07) is 9.77. The van der Waals surface area contributed by atoms with Crippen LogP contribution in [0.4, 0.5) is 0 Å². The molecule has 0 aliphatic heterocycles. The van der Waals surface area contributed by atoms with Crippen LogP contribution < -0.4 is 15.1 Å². The number of hydrogen-bond donors (Lipinski definition) is 0. The molecule has 0 spiro atoms. The van der Waals surface area contributed by atoms with E-state index in [1.165, 1.54) is 27.4 Å². The molecule has 0 amide bonds. The molecule has 1 atom stereocenters. The number of methoxy groups -OCH3 is 3. The third kappa shape index (κ3) is 4.18. The number of halogens is 2. The van der Waals surface area contributed by atoms with Gasteiger partial charge in [0.25, 0.3) is 0 Å². The van der Waals surface area contributed by atoms with E-state index in [0.717, 1.165) is 5.56 Å². The highest BCUT2D eigenvalue weighted by atomic mass is 35.5. The molecule has 0 aliphatic carbocycles. The Kier molecular flexibility index (Phi) is 6.35. The number of rotatable bonds is 6. The molecular weight excluding hydrogens is 419 g/mol. The van der Waals surface area contributed by atoms with Crippen molar-refractivity contribution in [2.45, 2.75) is 12.3 Å². The lowest BCUT2D eigenvalue weighted by Crippen LogP contribution is -2.19. The molecule has 3 aromatic rings. The van der Waals surface area contributed by atoms with Crippen molar-refractivity contribution >= 4 is 40.1 Å². The second-order valence-corrected chi connectivity index (χ2v) is 7.04. The van der Waals surface area contributed by atoms with Crippen LogP contribution in [0, 0.1) is 0 Å². The monoisotopic (exact) mass is 436 g/mol. The largest absolute Gasteiger partial charge is 0.493 e. The van der Waals surface area contributed by atoms with E-state index >= 15 is 0 Å². The molecule has 0 bridgehead atoms. The fourth-order valence-electron chi connectivity index (χ4n) is 3.22. The van der Waals surface area contributed by atoms with Crippen molar-refractivity contribution in [2.24, 2.45) is 0 Å². The van der Waals surface area contributed by atoms with Crippen molar-refractivity contribution in [1.82, 2.24) is 0 Å². The number of fused-ring (bicyclic) bond motifs is 1. The molecule has 2 aromatic carbocycles. The summed E-state index contributed by atoms with van der Waals surface area (Å²) in [5, 5.41) is 1.32. The van der Waals surface area contributed by atoms with Gasteiger partial charge >= 0.3 is 11.6 Å². The van der Waals surface area contributed by atoms with E-state index in [-0.39, 0.29) is 17.8 Å². The lowest BCUT2D eigenvalue weighted by molar-refractivity contribution is -0.142. The molecule has 0 N–H and O–H groups in total. The minimum Gasteiger partial charge on any atom is -0.493 e. The van der Waals surface area contributed by atoms with Gasteiger partial charge in [-0.05, 0) is 41.8 Å². The lowest BCUT2D eigenvalue weighted by atomic mass is 9.90. The number of carbonyl (C=O) groups is 1. The van der Waals surface area contributed by atoms with Crippen molar-refractivity contribution in [2.75, 3.05) is 21.3 Å². The zero-order chi connectivity index (χ0) is 21.1. The summed E-state index contributed by atoms with van der Waals surface area (Å²) in [4.78, 5) is 24.9. The Morgan fingerprint density at radius 3 is 2.41 bits per heavy atom. The first-order chi connectivity index (χ1) is 13.9. The van der Waals surface area contributed by atoms with Crippen molar-refractivity contribution in [3.05, 3.63) is 68.0 Å². The molecule has 0 unspecified atom stereocenters. The number of carbonyl (C=O) groups excluding carboxylic acids is 1. The Morgan fingerprint density at radius 2 is 1.79 bits per heavy atom. The Hall–Kier alpha value is -2.70. The zero-order valence-corrected chi connectivity index (χ0v) is 17.5. The normalized spacial score (nSPS) is 11.9. The number of esters is 1. The molecule has 1 heterocycles. The SMILES string of the molecule is COC(=O)[C@@H](Cc1ccc(Cl)c(Cl)c1)c1cc(=O)oc2c(OC)c(OC)ccc12. The van der Waals surface area contributed by atoms with E-state index in [0.29, 0.717) is 26.7 Å². The van der Waals surface area contributed by atoms with Crippen molar-refractivity contribution in [3.63, 3.8) is 0 Å². The maximum atomic E-state index is 12.6. The second-order valence-electron chi connectivity index (χ2n) is 6.23. The van der Waals surface area contributed by atoms with Gasteiger partial charge in [-0.3, -0.25) is 4.79 Å². The Labute approximate surface area is 176 Å². The minimum atomic E-state index is -0.776. The summed E-state index contributed by atoms with van der Waals surface area (Å²) in [5.74, 6) is -0.610. The van der Waals surface area contributed by atoms with Gasteiger partial charge < -0.3 is 18.6 Å². The van der Waals surface area contributed by atoms with E-state index in [4.69, 9.17) is 41.8 Å². The first kappa shape index (κ1) is 21.0. The zero-order valence-electron chi connectivity index (χ0n) is 16.0. The van der Waals surface area contributed by atoms with Gasteiger partial charge in [0.15, 0.2) is 11.3 Å². The van der Waals surface area contributed by atoms with Gasteiger partial charge in [0.05, 0.1) is 37.3 Å². The van der Waals surface area contributed by atoms with Crippen LogP contribution in [0.1, 0.15) is 17.0 Å². The molecule has 0 saturated heterocycles. The molecule has 0 saturated carbocycles. The summed E-state index contributed by atoms with van der Waals surface area (Å²) >= 11 is 12.1. The summed E-state index contributed by atoms with van der Waals surface area (Å²) in [6.45, 7) is 0. The van der Waals surface area contributed by atoms with Crippen molar-refractivity contribution in [3.8, 4) is 11.5 Å². The Balaban J connectivity index is 2.21. The molecule has 0 radical (unpaired) electrons. The summed E-state index contributed by atoms with van der Waals surface area (Å²) in [7, 11) is 4.21. The van der Waals surface area contributed by atoms with E-state index < -0.39 is 17.5 Å². The van der Waals surface area contributed by atoms with Gasteiger partial charge in [-0.15, -0.1) is 0 Å². The molecule has 29 heavy (non-hydrogen) atoms. The summed E-state index contributed by atoms with van der Waals surface area (Å²) in [6.07, 6.45) is 0.246. The number of benzene rings is 2. The summed E-state index contributed by atoms with van der Waals surface area (Å²) in [5.41, 5.74) is 0.784. The van der Waals surface area contributed by atoms with Gasteiger partial charge in [-0.2, -0.15) is 0 Å². The average Bonchev–Trinajstić information content (AvgIpc) is 2.72. The van der Waals surface area contributed by atoms with E-state index in [2.05, 4.69) is 0 Å². The second kappa shape index (κ2) is 8.76. The smallest absolute Gasteiger partial charge is 0.336 e. The Morgan fingerprint density at radius 1 is 1.03 bits per heavy atom. The van der Waals surface area contributed by atoms with Crippen LogP contribution in [-0.2, 0) is 16.0 Å². The van der Waals surface area contributed by atoms with Gasteiger partial charge in [0.1, 0.15) is 0 Å². The van der Waals surface area contributed by atoms with Crippen molar-refractivity contribution < 1.29 is 23.4 Å². The first-order valence-electron chi connectivity index (χ1n) is 8.60. The number of hydrogen-bond acceptors (Lipinski definition) is 6. The third-order valence-electron chi connectivity index (χ3n) is 4.57. The van der Waals surface area contributed by atoms with Crippen LogP contribution >= 0.6 is 23.2 Å². The third-order valence-corrected chi connectivity index (χ3v) is 5.31. The molecular formula is C21H18Cl2O6. The van der Waals surface area contributed by atoms with Crippen LogP contribution in [-0.4, -0.2) is 27.3 Å². The van der Waals surface area contributed by atoms with Crippen LogP contribution in [0.5, 0.6) is 11.5 Å². The van der Waals surface area contributed by atoms with E-state index in [9.17, 15) is 9.59 Å². The van der Waals surface area contributed by atoms with Crippen LogP contribution in [0.2, 0.25) is 10.0 Å². The lowest BCUT2D eigenvalue weighted by Gasteiger charge is -2.18. The topological polar surface area (TPSA) is 75.0 Å². The maximum absolute atomic E-state index is 12.6. The Bertz CT molecular complexity index is 1120. The average molecular weight is 437 g/mol. The maximum Gasteiger partial charge on any atom is 0.336 e. The number of ether oxygens (including phenoxy) is 3. The van der Waals surface area contributed by atoms with Crippen LogP contribution in [0.3, 0.4) is 0 Å². The predicted octanol–water partition coefficient (Wildman–Crippen LogP) is 4.62. The van der Waals surface area contributed by atoms with Gasteiger partial charge in [-0.1, -0.05) is 29.3 Å². The van der Waals surface area contributed by atoms with E-state index in [1.54, 1.807) is 30.3 Å². The fraction of sp³-hybridized carbons (Fsp3) is 0.238. The van der Waals surface area contributed by atoms with E-state index in [1.807, 2.05) is 0 Å². The standard InChI is InChI=1S/C21H18Cl2O6/c1-26-17-7-5-12-13(10-18(24)29-19(12)20(17)27-2)14(21(25)28-3)8-11-4-6-15(22)16(23)9-11/h4-7,9-10,14H,8H2,1-3H3/t14-/m0/s1. The molecule has 0 aliphatic rings. The predicted molar refractivity (Wildman–Crippen MR) is 111 cm³/mol. The first-order valence-corrected chi connectivity index (χ1v) is 9.35. The van der Waals surface area contributed by atoms with Crippen LogP contribution in [0.15, 0.2) is 45.6 Å². The highest BCUT2D eigenvalue weighted by molar-refractivity contribution is 6.42. The van der Waals surface area contributed by atoms with Gasteiger partial charge in [0, 0.05) is 11.5 Å². The minimum absolute atomic E-state index is 0.192. The molecule has 6 nitrogen and oxygen atoms in total. The summed E-state index contributed by atoms with van der Waals surface area (Å²) < 4.78 is 21.0.